The molecule has 1 aromatic carbocycles. The van der Waals surface area contributed by atoms with Gasteiger partial charge in [0.05, 0.1) is 38.1 Å². The molecule has 1 N–H and O–H groups in total. The molecule has 3 aromatic rings. The van der Waals surface area contributed by atoms with E-state index in [0.29, 0.717) is 24.2 Å². The number of nitrogens with zero attached hydrogens (tertiary/aromatic N) is 3. The number of halogens is 2. The average molecular weight is 350 g/mol. The molecule has 0 atom stereocenters. The molecule has 9 heteroatoms. The van der Waals surface area contributed by atoms with Gasteiger partial charge in [0.25, 0.3) is 0 Å². The Kier molecular flexibility index (Phi) is 4.10. The molecule has 1 aliphatic rings. The summed E-state index contributed by atoms with van der Waals surface area (Å²) in [6.07, 6.45) is 0.0853. The Morgan fingerprint density at radius 2 is 2.04 bits per heavy atom. The minimum Gasteiger partial charge on any atom is -0.431 e. The van der Waals surface area contributed by atoms with Gasteiger partial charge in [-0.2, -0.15) is 19.0 Å². The van der Waals surface area contributed by atoms with Gasteiger partial charge in [-0.3, -0.25) is 9.78 Å². The van der Waals surface area contributed by atoms with Crippen LogP contribution < -0.4 is 4.74 Å². The van der Waals surface area contributed by atoms with E-state index in [0.717, 1.165) is 11.1 Å². The molecule has 0 unspecified atom stereocenters. The van der Waals surface area contributed by atoms with Crippen molar-refractivity contribution in [2.24, 2.45) is 0 Å². The van der Waals surface area contributed by atoms with Crippen LogP contribution in [0.4, 0.5) is 8.78 Å². The first-order valence-corrected chi connectivity index (χ1v) is 7.84. The van der Waals surface area contributed by atoms with Crippen molar-refractivity contribution < 1.29 is 23.0 Å². The van der Waals surface area contributed by atoms with E-state index in [1.165, 1.54) is 12.1 Å². The number of benzene rings is 1. The second-order valence-electron chi connectivity index (χ2n) is 5.68. The van der Waals surface area contributed by atoms with Crippen molar-refractivity contribution in [3.63, 3.8) is 0 Å². The maximum atomic E-state index is 13.9. The molecule has 7 nitrogen and oxygen atoms in total. The minimum absolute atomic E-state index is 0.0412. The Hall–Kier alpha value is -2.52. The van der Waals surface area contributed by atoms with Crippen LogP contribution in [0.1, 0.15) is 0 Å². The fourth-order valence-electron chi connectivity index (χ4n) is 2.66. The standard InChI is InChI=1S/C16H16F2N4O3/c17-16(18)10-24-6-5-23-4-3-22-9-11(8-19-22)15-13-7-12(25-16)1-2-14(13)20-21-15/h1-2,7-9H,3-6,10H2,(H,20,21). The van der Waals surface area contributed by atoms with Gasteiger partial charge in [-0.05, 0) is 18.2 Å². The third kappa shape index (κ3) is 3.47. The van der Waals surface area contributed by atoms with Gasteiger partial charge >= 0.3 is 6.11 Å². The van der Waals surface area contributed by atoms with E-state index in [1.54, 1.807) is 16.9 Å². The third-order valence-electron chi connectivity index (χ3n) is 3.81. The SMILES string of the molecule is FC1(F)COCCOCCn2cc(cn2)-c2n[nH]c3ccc(cc23)O1. The molecule has 4 bridgehead atoms. The van der Waals surface area contributed by atoms with Crippen molar-refractivity contribution >= 4 is 10.9 Å². The Morgan fingerprint density at radius 3 is 2.96 bits per heavy atom. The van der Waals surface area contributed by atoms with Gasteiger partial charge in [0.2, 0.25) is 0 Å². The molecule has 25 heavy (non-hydrogen) atoms. The summed E-state index contributed by atoms with van der Waals surface area (Å²) in [5.74, 6) is 0.0412. The van der Waals surface area contributed by atoms with Gasteiger partial charge < -0.3 is 14.2 Å². The highest BCUT2D eigenvalue weighted by atomic mass is 19.3. The first kappa shape index (κ1) is 16.0. The maximum Gasteiger partial charge on any atom is 0.421 e. The largest absolute Gasteiger partial charge is 0.431 e. The van der Waals surface area contributed by atoms with E-state index in [4.69, 9.17) is 14.2 Å². The number of hydrogen-bond donors (Lipinski definition) is 1. The molecule has 4 rings (SSSR count). The zero-order valence-electron chi connectivity index (χ0n) is 13.2. The summed E-state index contributed by atoms with van der Waals surface area (Å²) < 4.78 is 44.7. The number of H-pyrrole nitrogens is 1. The van der Waals surface area contributed by atoms with Crippen LogP contribution in [0.3, 0.4) is 0 Å². The number of ether oxygens (including phenoxy) is 3. The molecule has 0 saturated carbocycles. The molecule has 0 radical (unpaired) electrons. The van der Waals surface area contributed by atoms with E-state index in [2.05, 4.69) is 15.3 Å². The average Bonchev–Trinajstić information content (AvgIpc) is 3.18. The summed E-state index contributed by atoms with van der Waals surface area (Å²) in [5, 5.41) is 12.1. The second kappa shape index (κ2) is 6.41. The predicted octanol–water partition coefficient (Wildman–Crippen LogP) is 2.44. The summed E-state index contributed by atoms with van der Waals surface area (Å²) in [4.78, 5) is 0. The number of nitrogens with one attached hydrogen (secondary N) is 1. The van der Waals surface area contributed by atoms with Crippen LogP contribution in [0.5, 0.6) is 5.75 Å². The number of aromatic nitrogens is 4. The fourth-order valence-corrected chi connectivity index (χ4v) is 2.66. The molecule has 0 amide bonds. The molecule has 0 saturated heterocycles. The highest BCUT2D eigenvalue weighted by Crippen LogP contribution is 2.31. The smallest absolute Gasteiger partial charge is 0.421 e. The van der Waals surface area contributed by atoms with Crippen LogP contribution in [0, 0.1) is 0 Å². The van der Waals surface area contributed by atoms with Gasteiger partial charge in [0, 0.05) is 17.1 Å². The van der Waals surface area contributed by atoms with Crippen molar-refractivity contribution in [3.05, 3.63) is 30.6 Å². The minimum atomic E-state index is -3.43. The molecule has 3 heterocycles. The quantitative estimate of drug-likeness (QED) is 0.674. The first-order valence-electron chi connectivity index (χ1n) is 7.84. The molecule has 2 aromatic heterocycles. The zero-order chi connectivity index (χ0) is 17.3. The van der Waals surface area contributed by atoms with Crippen LogP contribution in [-0.4, -0.2) is 52.5 Å². The Labute approximate surface area is 141 Å². The molecule has 1 aliphatic heterocycles. The molecular weight excluding hydrogens is 334 g/mol. The monoisotopic (exact) mass is 350 g/mol. The highest BCUT2D eigenvalue weighted by Gasteiger charge is 2.32. The van der Waals surface area contributed by atoms with Gasteiger partial charge in [-0.25, -0.2) is 0 Å². The normalized spacial score (nSPS) is 18.3. The van der Waals surface area contributed by atoms with Gasteiger partial charge in [0.15, 0.2) is 6.61 Å². The van der Waals surface area contributed by atoms with Crippen molar-refractivity contribution in [1.82, 2.24) is 20.0 Å². The molecule has 0 aliphatic carbocycles. The van der Waals surface area contributed by atoms with Crippen LogP contribution in [0.25, 0.3) is 22.2 Å². The Bertz CT molecular complexity index is 877. The zero-order valence-corrected chi connectivity index (χ0v) is 13.2. The lowest BCUT2D eigenvalue weighted by Crippen LogP contribution is -2.31. The maximum absolute atomic E-state index is 13.9. The highest BCUT2D eigenvalue weighted by molar-refractivity contribution is 5.93. The first-order chi connectivity index (χ1) is 12.1. The number of hydrogen-bond acceptors (Lipinski definition) is 5. The van der Waals surface area contributed by atoms with Crippen LogP contribution in [0.15, 0.2) is 30.6 Å². The van der Waals surface area contributed by atoms with E-state index in [-0.39, 0.29) is 19.0 Å². The van der Waals surface area contributed by atoms with Gasteiger partial charge in [0.1, 0.15) is 11.4 Å². The van der Waals surface area contributed by atoms with Crippen LogP contribution >= 0.6 is 0 Å². The lowest BCUT2D eigenvalue weighted by atomic mass is 10.1. The Balaban J connectivity index is 1.73. The van der Waals surface area contributed by atoms with Crippen molar-refractivity contribution in [2.45, 2.75) is 12.7 Å². The number of rotatable bonds is 0. The van der Waals surface area contributed by atoms with E-state index in [9.17, 15) is 8.78 Å². The summed E-state index contributed by atoms with van der Waals surface area (Å²) in [7, 11) is 0. The van der Waals surface area contributed by atoms with Crippen LogP contribution in [0.2, 0.25) is 0 Å². The van der Waals surface area contributed by atoms with Crippen molar-refractivity contribution in [3.8, 4) is 17.0 Å². The summed E-state index contributed by atoms with van der Waals surface area (Å²) in [6.45, 7) is 0.399. The topological polar surface area (TPSA) is 74.2 Å². The van der Waals surface area contributed by atoms with Gasteiger partial charge in [-0.15, -0.1) is 0 Å². The lowest BCUT2D eigenvalue weighted by Gasteiger charge is -2.18. The van der Waals surface area contributed by atoms with Crippen LogP contribution in [-0.2, 0) is 16.0 Å². The molecule has 132 valence electrons. The number of fused-ring (bicyclic) bond motifs is 4. The van der Waals surface area contributed by atoms with E-state index in [1.807, 2.05) is 6.20 Å². The van der Waals surface area contributed by atoms with Gasteiger partial charge in [-0.1, -0.05) is 0 Å². The fraction of sp³-hybridized carbons (Fsp3) is 0.375. The molecule has 0 spiro atoms. The number of aromatic amines is 1. The predicted molar refractivity (Wildman–Crippen MR) is 84.5 cm³/mol. The number of alkyl halides is 2. The summed E-state index contributed by atoms with van der Waals surface area (Å²) in [5.41, 5.74) is 2.13. The molecular formula is C16H16F2N4O3. The van der Waals surface area contributed by atoms with E-state index < -0.39 is 12.7 Å². The summed E-state index contributed by atoms with van der Waals surface area (Å²) >= 11 is 0. The lowest BCUT2D eigenvalue weighted by molar-refractivity contribution is -0.213. The van der Waals surface area contributed by atoms with Crippen molar-refractivity contribution in [2.75, 3.05) is 26.4 Å². The third-order valence-corrected chi connectivity index (χ3v) is 3.81. The van der Waals surface area contributed by atoms with E-state index >= 15 is 0 Å². The molecule has 0 fully saturated rings. The second-order valence-corrected chi connectivity index (χ2v) is 5.68. The van der Waals surface area contributed by atoms with Crippen molar-refractivity contribution in [1.29, 1.82) is 0 Å². The Morgan fingerprint density at radius 1 is 1.16 bits per heavy atom. The summed E-state index contributed by atoms with van der Waals surface area (Å²) in [6, 6.07) is 4.65.